The second kappa shape index (κ2) is 10.9. The lowest BCUT2D eigenvalue weighted by molar-refractivity contribution is -0.119. The molecule has 0 spiro atoms. The maximum absolute atomic E-state index is 12.2. The summed E-state index contributed by atoms with van der Waals surface area (Å²) >= 11 is 3.67. The zero-order valence-electron chi connectivity index (χ0n) is 12.6. The minimum atomic E-state index is 0.114. The van der Waals surface area contributed by atoms with Gasteiger partial charge >= 0.3 is 0 Å². The lowest BCUT2D eigenvalue weighted by Crippen LogP contribution is -2.23. The topological polar surface area (TPSA) is 17.1 Å². The fraction of sp³-hybridized carbons (Fsp3) is 0.941. The fourth-order valence-corrected chi connectivity index (χ4v) is 3.95. The van der Waals surface area contributed by atoms with Crippen molar-refractivity contribution in [2.45, 2.75) is 95.2 Å². The van der Waals surface area contributed by atoms with E-state index in [1.807, 2.05) is 0 Å². The molecular weight excluding hydrogens is 300 g/mol. The largest absolute Gasteiger partial charge is 0.298 e. The van der Waals surface area contributed by atoms with Gasteiger partial charge in [0.2, 0.25) is 0 Å². The minimum Gasteiger partial charge on any atom is -0.298 e. The van der Waals surface area contributed by atoms with E-state index in [9.17, 15) is 4.79 Å². The Hall–Kier alpha value is 0.150. The van der Waals surface area contributed by atoms with E-state index in [0.717, 1.165) is 19.3 Å². The van der Waals surface area contributed by atoms with Gasteiger partial charge < -0.3 is 0 Å². The van der Waals surface area contributed by atoms with E-state index in [-0.39, 0.29) is 4.83 Å². The summed E-state index contributed by atoms with van der Waals surface area (Å²) in [6, 6.07) is 0. The molecular formula is C17H31BrO. The van der Waals surface area contributed by atoms with Crippen molar-refractivity contribution in [2.24, 2.45) is 5.92 Å². The van der Waals surface area contributed by atoms with Crippen molar-refractivity contribution >= 4 is 21.7 Å². The monoisotopic (exact) mass is 330 g/mol. The molecule has 1 rings (SSSR count). The summed E-state index contributed by atoms with van der Waals surface area (Å²) in [5, 5.41) is 0. The molecule has 0 aromatic heterocycles. The Morgan fingerprint density at radius 2 is 1.37 bits per heavy atom. The highest BCUT2D eigenvalue weighted by Crippen LogP contribution is 2.26. The van der Waals surface area contributed by atoms with Gasteiger partial charge in [-0.05, 0) is 18.8 Å². The molecule has 1 fully saturated rings. The van der Waals surface area contributed by atoms with E-state index in [0.29, 0.717) is 11.7 Å². The molecule has 1 aliphatic carbocycles. The third-order valence-electron chi connectivity index (χ3n) is 4.49. The Morgan fingerprint density at radius 1 is 0.895 bits per heavy atom. The quantitative estimate of drug-likeness (QED) is 0.535. The number of rotatable bonds is 1. The standard InChI is InChI=1S/C17H31BrO/c1-2-15-13-11-9-7-5-3-4-6-8-10-12-14-16(19)17(15)18/h15,17H,2-14H2,1H3. The van der Waals surface area contributed by atoms with Gasteiger partial charge in [-0.3, -0.25) is 4.79 Å². The third kappa shape index (κ3) is 7.48. The van der Waals surface area contributed by atoms with Gasteiger partial charge in [-0.2, -0.15) is 0 Å². The van der Waals surface area contributed by atoms with E-state index in [2.05, 4.69) is 22.9 Å². The first kappa shape index (κ1) is 17.2. The van der Waals surface area contributed by atoms with E-state index in [1.54, 1.807) is 0 Å². The van der Waals surface area contributed by atoms with Crippen LogP contribution >= 0.6 is 15.9 Å². The summed E-state index contributed by atoms with van der Waals surface area (Å²) in [5.41, 5.74) is 0. The molecule has 0 aliphatic heterocycles. The van der Waals surface area contributed by atoms with Crippen LogP contribution in [0.1, 0.15) is 90.4 Å². The first-order valence-corrected chi connectivity index (χ1v) is 9.34. The maximum Gasteiger partial charge on any atom is 0.146 e. The molecule has 2 heteroatoms. The molecule has 0 bridgehead atoms. The Kier molecular flexibility index (Phi) is 9.85. The predicted octanol–water partition coefficient (Wildman–Crippen LogP) is 6.04. The van der Waals surface area contributed by atoms with Crippen LogP contribution in [0, 0.1) is 5.92 Å². The van der Waals surface area contributed by atoms with Gasteiger partial charge in [0.15, 0.2) is 0 Å². The molecule has 0 aromatic carbocycles. The van der Waals surface area contributed by atoms with Crippen molar-refractivity contribution < 1.29 is 4.79 Å². The molecule has 0 N–H and O–H groups in total. The molecule has 1 aliphatic rings. The van der Waals surface area contributed by atoms with Crippen LogP contribution in [0.25, 0.3) is 0 Å². The molecule has 0 radical (unpaired) electrons. The van der Waals surface area contributed by atoms with Crippen LogP contribution in [0.5, 0.6) is 0 Å². The number of ketones is 1. The van der Waals surface area contributed by atoms with E-state index < -0.39 is 0 Å². The molecule has 0 aromatic rings. The molecule has 19 heavy (non-hydrogen) atoms. The van der Waals surface area contributed by atoms with Crippen LogP contribution in [-0.4, -0.2) is 10.6 Å². The summed E-state index contributed by atoms with van der Waals surface area (Å²) in [5.74, 6) is 0.999. The Balaban J connectivity index is 2.42. The van der Waals surface area contributed by atoms with Crippen LogP contribution in [0.3, 0.4) is 0 Å². The van der Waals surface area contributed by atoms with Crippen LogP contribution < -0.4 is 0 Å². The van der Waals surface area contributed by atoms with Crippen LogP contribution in [0.2, 0.25) is 0 Å². The first-order chi connectivity index (χ1) is 9.25. The number of halogens is 1. The van der Waals surface area contributed by atoms with Crippen LogP contribution in [-0.2, 0) is 4.79 Å². The average molecular weight is 331 g/mol. The Bertz CT molecular complexity index is 239. The molecule has 0 heterocycles. The predicted molar refractivity (Wildman–Crippen MR) is 86.9 cm³/mol. The Labute approximate surface area is 128 Å². The molecule has 2 unspecified atom stereocenters. The summed E-state index contributed by atoms with van der Waals surface area (Å²) in [6.45, 7) is 2.22. The van der Waals surface area contributed by atoms with Crippen molar-refractivity contribution in [1.82, 2.24) is 0 Å². The summed E-state index contributed by atoms with van der Waals surface area (Å²) in [4.78, 5) is 12.3. The number of hydrogen-bond donors (Lipinski definition) is 0. The lowest BCUT2D eigenvalue weighted by atomic mass is 9.91. The molecule has 112 valence electrons. The second-order valence-corrected chi connectivity index (χ2v) is 7.10. The van der Waals surface area contributed by atoms with E-state index in [1.165, 1.54) is 64.2 Å². The van der Waals surface area contributed by atoms with Gasteiger partial charge in [0, 0.05) is 6.42 Å². The van der Waals surface area contributed by atoms with Gasteiger partial charge in [-0.1, -0.05) is 87.1 Å². The van der Waals surface area contributed by atoms with Crippen molar-refractivity contribution in [3.63, 3.8) is 0 Å². The summed E-state index contributed by atoms with van der Waals surface area (Å²) in [6.07, 6.45) is 16.4. The number of carbonyl (C=O) groups is 1. The average Bonchev–Trinajstić information content (AvgIpc) is 2.43. The molecule has 1 nitrogen and oxygen atoms in total. The molecule has 0 amide bonds. The van der Waals surface area contributed by atoms with Gasteiger partial charge in [0.25, 0.3) is 0 Å². The van der Waals surface area contributed by atoms with Gasteiger partial charge in [-0.25, -0.2) is 0 Å². The number of Topliss-reactive ketones (excluding diaryl/α,β-unsaturated/α-hetero) is 1. The van der Waals surface area contributed by atoms with Gasteiger partial charge in [-0.15, -0.1) is 0 Å². The SMILES string of the molecule is CCC1CCCCCCCCCCCCC(=O)C1Br. The highest BCUT2D eigenvalue weighted by molar-refractivity contribution is 9.10. The smallest absolute Gasteiger partial charge is 0.146 e. The fourth-order valence-electron chi connectivity index (χ4n) is 3.08. The van der Waals surface area contributed by atoms with Gasteiger partial charge in [0.05, 0.1) is 4.83 Å². The van der Waals surface area contributed by atoms with Crippen LogP contribution in [0.4, 0.5) is 0 Å². The van der Waals surface area contributed by atoms with Crippen molar-refractivity contribution in [2.75, 3.05) is 0 Å². The maximum atomic E-state index is 12.2. The third-order valence-corrected chi connectivity index (χ3v) is 5.75. The molecule has 0 saturated heterocycles. The number of hydrogen-bond acceptors (Lipinski definition) is 1. The highest BCUT2D eigenvalue weighted by atomic mass is 79.9. The van der Waals surface area contributed by atoms with E-state index >= 15 is 0 Å². The number of alkyl halides is 1. The highest BCUT2D eigenvalue weighted by Gasteiger charge is 2.23. The number of carbonyl (C=O) groups excluding carboxylic acids is 1. The first-order valence-electron chi connectivity index (χ1n) is 8.42. The summed E-state index contributed by atoms with van der Waals surface area (Å²) in [7, 11) is 0. The zero-order chi connectivity index (χ0) is 13.9. The summed E-state index contributed by atoms with van der Waals surface area (Å²) < 4.78 is 0. The van der Waals surface area contributed by atoms with E-state index in [4.69, 9.17) is 0 Å². The molecule has 1 saturated carbocycles. The van der Waals surface area contributed by atoms with Crippen LogP contribution in [0.15, 0.2) is 0 Å². The Morgan fingerprint density at radius 3 is 1.89 bits per heavy atom. The second-order valence-electron chi connectivity index (χ2n) is 6.11. The van der Waals surface area contributed by atoms with Crippen molar-refractivity contribution in [3.05, 3.63) is 0 Å². The minimum absolute atomic E-state index is 0.114. The zero-order valence-corrected chi connectivity index (χ0v) is 14.2. The molecule has 2 atom stereocenters. The van der Waals surface area contributed by atoms with Crippen molar-refractivity contribution in [3.8, 4) is 0 Å². The lowest BCUT2D eigenvalue weighted by Gasteiger charge is -2.20. The normalized spacial score (nSPS) is 29.5. The van der Waals surface area contributed by atoms with Crippen molar-refractivity contribution in [1.29, 1.82) is 0 Å². The van der Waals surface area contributed by atoms with Gasteiger partial charge in [0.1, 0.15) is 5.78 Å².